The van der Waals surface area contributed by atoms with E-state index in [4.69, 9.17) is 4.74 Å². The van der Waals surface area contributed by atoms with Crippen molar-refractivity contribution in [2.45, 2.75) is 25.5 Å². The fraction of sp³-hybridized carbons (Fsp3) is 0.250. The van der Waals surface area contributed by atoms with Crippen molar-refractivity contribution in [1.82, 2.24) is 4.90 Å². The Kier molecular flexibility index (Phi) is 6.79. The van der Waals surface area contributed by atoms with Crippen molar-refractivity contribution in [1.29, 1.82) is 0 Å². The van der Waals surface area contributed by atoms with E-state index in [-0.39, 0.29) is 11.6 Å². The van der Waals surface area contributed by atoms with Gasteiger partial charge in [-0.1, -0.05) is 42.5 Å². The second-order valence-electron chi connectivity index (χ2n) is 9.09. The molecule has 1 saturated heterocycles. The van der Waals surface area contributed by atoms with Gasteiger partial charge in [0.1, 0.15) is 0 Å². The molecule has 2 aliphatic heterocycles. The summed E-state index contributed by atoms with van der Waals surface area (Å²) >= 11 is 0. The van der Waals surface area contributed by atoms with E-state index in [1.165, 1.54) is 17.7 Å². The van der Waals surface area contributed by atoms with Crippen LogP contribution in [-0.2, 0) is 16.1 Å². The van der Waals surface area contributed by atoms with Crippen LogP contribution in [0, 0.1) is 10.1 Å². The van der Waals surface area contributed by atoms with Crippen LogP contribution in [0.4, 0.5) is 17.1 Å². The van der Waals surface area contributed by atoms with Crippen molar-refractivity contribution in [3.05, 3.63) is 99.6 Å². The van der Waals surface area contributed by atoms with Crippen LogP contribution in [0.3, 0.4) is 0 Å². The fourth-order valence-electron chi connectivity index (χ4n) is 4.80. The minimum atomic E-state index is -0.452. The Hall–Kier alpha value is -4.01. The lowest BCUT2D eigenvalue weighted by Gasteiger charge is -2.31. The summed E-state index contributed by atoms with van der Waals surface area (Å²) in [7, 11) is 1.78. The molecule has 36 heavy (non-hydrogen) atoms. The van der Waals surface area contributed by atoms with E-state index in [9.17, 15) is 14.9 Å². The molecule has 0 aliphatic carbocycles. The third-order valence-corrected chi connectivity index (χ3v) is 6.77. The van der Waals surface area contributed by atoms with Crippen LogP contribution in [0.5, 0.6) is 0 Å². The molecule has 2 aliphatic rings. The summed E-state index contributed by atoms with van der Waals surface area (Å²) in [5.41, 5.74) is 4.84. The number of piperidine rings is 1. The van der Waals surface area contributed by atoms with E-state index in [1.807, 2.05) is 42.5 Å². The predicted molar refractivity (Wildman–Crippen MR) is 140 cm³/mol. The highest BCUT2D eigenvalue weighted by Gasteiger charge is 2.30. The SMILES string of the molecule is COC1CCN(Cc2ccc(NC(=C3C(=O)Nc4ccc([N+](=O)[O-])cc43)c3ccccc3)cc2)CC1. The molecular formula is C28H28N4O4. The average molecular weight is 485 g/mol. The van der Waals surface area contributed by atoms with Crippen LogP contribution in [-0.4, -0.2) is 42.0 Å². The number of non-ortho nitro benzene ring substituents is 1. The molecule has 1 amide bonds. The van der Waals surface area contributed by atoms with Crippen LogP contribution in [0.2, 0.25) is 0 Å². The van der Waals surface area contributed by atoms with Gasteiger partial charge in [-0.25, -0.2) is 0 Å². The van der Waals surface area contributed by atoms with Crippen LogP contribution in [0.1, 0.15) is 29.5 Å². The van der Waals surface area contributed by atoms with E-state index in [1.54, 1.807) is 13.2 Å². The van der Waals surface area contributed by atoms with Gasteiger partial charge in [-0.05, 0) is 42.2 Å². The summed E-state index contributed by atoms with van der Waals surface area (Å²) in [6.45, 7) is 2.91. The molecule has 5 rings (SSSR count). The number of carbonyl (C=O) groups is 1. The van der Waals surface area contributed by atoms with E-state index in [0.717, 1.165) is 43.7 Å². The zero-order chi connectivity index (χ0) is 25.1. The molecule has 8 nitrogen and oxygen atoms in total. The molecule has 0 radical (unpaired) electrons. The lowest BCUT2D eigenvalue weighted by atomic mass is 9.99. The summed E-state index contributed by atoms with van der Waals surface area (Å²) in [6, 6.07) is 22.1. The van der Waals surface area contributed by atoms with Crippen molar-refractivity contribution >= 4 is 34.2 Å². The third kappa shape index (κ3) is 5.00. The summed E-state index contributed by atoms with van der Waals surface area (Å²) in [4.78, 5) is 26.4. The largest absolute Gasteiger partial charge is 0.381 e. The number of likely N-dealkylation sites (tertiary alicyclic amines) is 1. The van der Waals surface area contributed by atoms with Gasteiger partial charge in [-0.15, -0.1) is 0 Å². The Morgan fingerprint density at radius 1 is 1.08 bits per heavy atom. The normalized spacial score (nSPS) is 17.4. The highest BCUT2D eigenvalue weighted by atomic mass is 16.6. The van der Waals surface area contributed by atoms with Crippen molar-refractivity contribution in [2.75, 3.05) is 30.8 Å². The summed E-state index contributed by atoms with van der Waals surface area (Å²) in [5, 5.41) is 17.6. The number of anilines is 2. The number of hydrogen-bond acceptors (Lipinski definition) is 6. The number of nitrogens with zero attached hydrogens (tertiary/aromatic N) is 2. The monoisotopic (exact) mass is 484 g/mol. The maximum Gasteiger partial charge on any atom is 0.270 e. The Bertz CT molecular complexity index is 1300. The number of nitro groups is 1. The molecule has 2 heterocycles. The lowest BCUT2D eigenvalue weighted by molar-refractivity contribution is -0.384. The van der Waals surface area contributed by atoms with E-state index >= 15 is 0 Å². The molecule has 0 bridgehead atoms. The van der Waals surface area contributed by atoms with Gasteiger partial charge in [0.2, 0.25) is 0 Å². The van der Waals surface area contributed by atoms with Gasteiger partial charge >= 0.3 is 0 Å². The van der Waals surface area contributed by atoms with Gasteiger partial charge in [0, 0.05) is 55.8 Å². The molecule has 3 aromatic carbocycles. The van der Waals surface area contributed by atoms with Gasteiger partial charge in [-0.2, -0.15) is 0 Å². The first-order valence-corrected chi connectivity index (χ1v) is 12.0. The number of nitro benzene ring substituents is 1. The maximum absolute atomic E-state index is 13.0. The van der Waals surface area contributed by atoms with E-state index in [0.29, 0.717) is 28.6 Å². The first-order valence-electron chi connectivity index (χ1n) is 12.0. The first kappa shape index (κ1) is 23.7. The highest BCUT2D eigenvalue weighted by Crippen LogP contribution is 2.39. The van der Waals surface area contributed by atoms with Crippen LogP contribution >= 0.6 is 0 Å². The predicted octanol–water partition coefficient (Wildman–Crippen LogP) is 5.14. The fourth-order valence-corrected chi connectivity index (χ4v) is 4.80. The van der Waals surface area contributed by atoms with E-state index < -0.39 is 4.92 Å². The van der Waals surface area contributed by atoms with Crippen LogP contribution in [0.15, 0.2) is 72.8 Å². The topological polar surface area (TPSA) is 96.7 Å². The number of amides is 1. The molecule has 1 fully saturated rings. The number of hydrogen-bond donors (Lipinski definition) is 2. The number of carbonyl (C=O) groups excluding carboxylic acids is 1. The van der Waals surface area contributed by atoms with Crippen LogP contribution < -0.4 is 10.6 Å². The number of nitrogens with one attached hydrogen (secondary N) is 2. The third-order valence-electron chi connectivity index (χ3n) is 6.77. The summed E-state index contributed by atoms with van der Waals surface area (Å²) in [6.07, 6.45) is 2.45. The molecule has 3 aromatic rings. The number of methoxy groups -OCH3 is 1. The van der Waals surface area contributed by atoms with Crippen molar-refractivity contribution in [3.8, 4) is 0 Å². The highest BCUT2D eigenvalue weighted by molar-refractivity contribution is 6.37. The second-order valence-corrected chi connectivity index (χ2v) is 9.09. The number of ether oxygens (including phenoxy) is 1. The lowest BCUT2D eigenvalue weighted by Crippen LogP contribution is -2.36. The maximum atomic E-state index is 13.0. The van der Waals surface area contributed by atoms with Gasteiger partial charge in [-0.3, -0.25) is 19.8 Å². The molecule has 0 unspecified atom stereocenters. The van der Waals surface area contributed by atoms with Crippen molar-refractivity contribution in [3.63, 3.8) is 0 Å². The first-order chi connectivity index (χ1) is 17.5. The second kappa shape index (κ2) is 10.3. The van der Waals surface area contributed by atoms with Crippen molar-refractivity contribution in [2.24, 2.45) is 0 Å². The number of fused-ring (bicyclic) bond motifs is 1. The minimum Gasteiger partial charge on any atom is -0.381 e. The molecular weight excluding hydrogens is 456 g/mol. The Labute approximate surface area is 209 Å². The molecule has 2 N–H and O–H groups in total. The Balaban J connectivity index is 1.44. The minimum absolute atomic E-state index is 0.0611. The molecule has 8 heteroatoms. The molecule has 0 aromatic heterocycles. The van der Waals surface area contributed by atoms with Gasteiger partial charge in [0.15, 0.2) is 0 Å². The summed E-state index contributed by atoms with van der Waals surface area (Å²) < 4.78 is 5.47. The Morgan fingerprint density at radius 3 is 2.47 bits per heavy atom. The van der Waals surface area contributed by atoms with Gasteiger partial charge in [0.25, 0.3) is 11.6 Å². The quantitative estimate of drug-likeness (QED) is 0.274. The molecule has 0 saturated carbocycles. The van der Waals surface area contributed by atoms with E-state index in [2.05, 4.69) is 27.7 Å². The smallest absolute Gasteiger partial charge is 0.270 e. The zero-order valence-corrected chi connectivity index (χ0v) is 20.1. The van der Waals surface area contributed by atoms with Crippen LogP contribution in [0.25, 0.3) is 11.3 Å². The standard InChI is InChI=1S/C28H28N4O4/c1-36-23-13-15-31(16-14-23)18-19-7-9-21(10-8-19)29-27(20-5-3-2-4-6-20)26-24-17-22(32(34)35)11-12-25(24)30-28(26)33/h2-12,17,23,29H,13-16,18H2,1H3,(H,30,33). The summed E-state index contributed by atoms with van der Waals surface area (Å²) in [5.74, 6) is -0.298. The molecule has 184 valence electrons. The van der Waals surface area contributed by atoms with Gasteiger partial charge in [0.05, 0.1) is 22.3 Å². The molecule has 0 atom stereocenters. The number of rotatable bonds is 7. The number of benzene rings is 3. The average Bonchev–Trinajstić information content (AvgIpc) is 3.24. The van der Waals surface area contributed by atoms with Crippen molar-refractivity contribution < 1.29 is 14.5 Å². The Morgan fingerprint density at radius 2 is 1.81 bits per heavy atom. The zero-order valence-electron chi connectivity index (χ0n) is 20.1. The molecule has 0 spiro atoms. The van der Waals surface area contributed by atoms with Gasteiger partial charge < -0.3 is 15.4 Å².